The van der Waals surface area contributed by atoms with E-state index in [1.54, 1.807) is 36.4 Å². The van der Waals surface area contributed by atoms with Crippen LogP contribution in [0.1, 0.15) is 22.7 Å². The maximum Gasteiger partial charge on any atom is 0.302 e. The molecular formula is C26H20ClN3O4. The summed E-state index contributed by atoms with van der Waals surface area (Å²) in [5.41, 5.74) is 2.93. The summed E-state index contributed by atoms with van der Waals surface area (Å²) in [5.74, 6) is -1.57. The number of aromatic amines is 1. The molecular weight excluding hydrogens is 454 g/mol. The number of amides is 1. The summed E-state index contributed by atoms with van der Waals surface area (Å²) < 4.78 is 5.41. The summed E-state index contributed by atoms with van der Waals surface area (Å²) in [5, 5.41) is 11.7. The van der Waals surface area contributed by atoms with Crippen LogP contribution in [-0.2, 0) is 9.59 Å². The minimum Gasteiger partial charge on any atom is -0.507 e. The Balaban J connectivity index is 1.77. The molecule has 0 bridgehead atoms. The van der Waals surface area contributed by atoms with Gasteiger partial charge in [-0.05, 0) is 42.3 Å². The number of aromatic nitrogens is 2. The number of ketones is 1. The second-order valence-electron chi connectivity index (χ2n) is 7.98. The summed E-state index contributed by atoms with van der Waals surface area (Å²) in [6, 6.07) is 18.8. The summed E-state index contributed by atoms with van der Waals surface area (Å²) >= 11 is 6.34. The van der Waals surface area contributed by atoms with Gasteiger partial charge in [0.05, 0.1) is 40.3 Å². The van der Waals surface area contributed by atoms with E-state index in [0.29, 0.717) is 11.1 Å². The molecule has 1 fully saturated rings. The number of nitrogens with zero attached hydrogens (tertiary/aromatic N) is 2. The van der Waals surface area contributed by atoms with Crippen molar-refractivity contribution in [3.63, 3.8) is 0 Å². The molecule has 3 aromatic carbocycles. The summed E-state index contributed by atoms with van der Waals surface area (Å²) in [4.78, 5) is 35.6. The smallest absolute Gasteiger partial charge is 0.302 e. The van der Waals surface area contributed by atoms with Crippen LogP contribution in [0.4, 0.5) is 5.95 Å². The number of rotatable bonds is 4. The van der Waals surface area contributed by atoms with Gasteiger partial charge in [0.1, 0.15) is 11.5 Å². The number of benzene rings is 3. The van der Waals surface area contributed by atoms with E-state index in [0.717, 1.165) is 11.1 Å². The third-order valence-corrected chi connectivity index (χ3v) is 6.09. The van der Waals surface area contributed by atoms with Crippen molar-refractivity contribution in [2.24, 2.45) is 0 Å². The molecule has 2 N–H and O–H groups in total. The first kappa shape index (κ1) is 21.7. The molecule has 8 heteroatoms. The molecule has 0 aliphatic carbocycles. The normalized spacial score (nSPS) is 17.5. The Hall–Kier alpha value is -4.10. The van der Waals surface area contributed by atoms with Crippen molar-refractivity contribution in [2.45, 2.75) is 13.0 Å². The number of carbonyl (C=O) groups is 2. The number of ether oxygens (including phenoxy) is 1. The minimum atomic E-state index is -0.911. The van der Waals surface area contributed by atoms with E-state index in [4.69, 9.17) is 16.3 Å². The summed E-state index contributed by atoms with van der Waals surface area (Å²) in [7, 11) is 1.43. The van der Waals surface area contributed by atoms with Crippen LogP contribution in [0.25, 0.3) is 16.8 Å². The van der Waals surface area contributed by atoms with Crippen LogP contribution < -0.4 is 9.64 Å². The number of hydrogen-bond acceptors (Lipinski definition) is 5. The molecule has 1 atom stereocenters. The first-order valence-corrected chi connectivity index (χ1v) is 10.9. The molecule has 1 aliphatic heterocycles. The van der Waals surface area contributed by atoms with Crippen molar-refractivity contribution in [3.05, 3.63) is 94.0 Å². The number of fused-ring (bicyclic) bond motifs is 1. The van der Waals surface area contributed by atoms with Gasteiger partial charge >= 0.3 is 5.91 Å². The van der Waals surface area contributed by atoms with E-state index >= 15 is 0 Å². The number of H-pyrrole nitrogens is 1. The highest BCUT2D eigenvalue weighted by molar-refractivity contribution is 6.51. The topological polar surface area (TPSA) is 95.5 Å². The molecule has 0 spiro atoms. The highest BCUT2D eigenvalue weighted by Crippen LogP contribution is 2.44. The lowest BCUT2D eigenvalue weighted by atomic mass is 9.94. The average Bonchev–Trinajstić information content (AvgIpc) is 3.37. The number of anilines is 1. The monoisotopic (exact) mass is 473 g/mol. The molecule has 1 unspecified atom stereocenters. The number of carbonyl (C=O) groups excluding carboxylic acids is 2. The number of nitrogens with one attached hydrogen (secondary N) is 1. The quantitative estimate of drug-likeness (QED) is 0.242. The number of aryl methyl sites for hydroxylation is 1. The van der Waals surface area contributed by atoms with Gasteiger partial charge in [0, 0.05) is 0 Å². The highest BCUT2D eigenvalue weighted by Gasteiger charge is 2.48. The number of aliphatic hydroxyl groups is 1. The van der Waals surface area contributed by atoms with Crippen molar-refractivity contribution in [3.8, 4) is 5.75 Å². The van der Waals surface area contributed by atoms with Gasteiger partial charge in [0.2, 0.25) is 5.95 Å². The van der Waals surface area contributed by atoms with Gasteiger partial charge in [-0.3, -0.25) is 14.5 Å². The molecule has 0 radical (unpaired) electrons. The second-order valence-corrected chi connectivity index (χ2v) is 8.39. The molecule has 2 heterocycles. The zero-order valence-corrected chi connectivity index (χ0v) is 19.1. The number of hydrogen-bond donors (Lipinski definition) is 2. The second kappa shape index (κ2) is 8.35. The van der Waals surface area contributed by atoms with Gasteiger partial charge in [-0.2, -0.15) is 0 Å². The van der Waals surface area contributed by atoms with E-state index in [9.17, 15) is 14.7 Å². The maximum absolute atomic E-state index is 13.3. The number of imidazole rings is 1. The largest absolute Gasteiger partial charge is 0.507 e. The Morgan fingerprint density at radius 2 is 1.79 bits per heavy atom. The van der Waals surface area contributed by atoms with Gasteiger partial charge < -0.3 is 14.8 Å². The van der Waals surface area contributed by atoms with E-state index in [1.807, 2.05) is 37.3 Å². The zero-order chi connectivity index (χ0) is 24.0. The Bertz CT molecular complexity index is 1440. The molecule has 1 aliphatic rings. The van der Waals surface area contributed by atoms with Crippen LogP contribution in [0.3, 0.4) is 0 Å². The number of para-hydroxylation sites is 2. The SMILES string of the molecule is COc1c(Cl)cc(C)cc1/C(O)=C1\C(=O)C(=O)N(c2nc3ccccc3[nH]2)C1c1ccccc1. The molecule has 5 rings (SSSR count). The predicted molar refractivity (Wildman–Crippen MR) is 130 cm³/mol. The molecule has 170 valence electrons. The maximum atomic E-state index is 13.3. The fourth-order valence-corrected chi connectivity index (χ4v) is 4.66. The number of aliphatic hydroxyl groups excluding tert-OH is 1. The first-order chi connectivity index (χ1) is 16.4. The third-order valence-electron chi connectivity index (χ3n) is 5.81. The predicted octanol–water partition coefficient (Wildman–Crippen LogP) is 5.16. The number of halogens is 1. The minimum absolute atomic E-state index is 0.0726. The van der Waals surface area contributed by atoms with Crippen LogP contribution in [0.5, 0.6) is 5.75 Å². The molecule has 1 amide bonds. The molecule has 7 nitrogen and oxygen atoms in total. The average molecular weight is 474 g/mol. The lowest BCUT2D eigenvalue weighted by Crippen LogP contribution is -2.30. The van der Waals surface area contributed by atoms with Gasteiger partial charge in [-0.25, -0.2) is 4.98 Å². The van der Waals surface area contributed by atoms with Gasteiger partial charge in [-0.1, -0.05) is 54.1 Å². The zero-order valence-electron chi connectivity index (χ0n) is 18.4. The van der Waals surface area contributed by atoms with Crippen molar-refractivity contribution in [2.75, 3.05) is 12.0 Å². The molecule has 0 saturated carbocycles. The van der Waals surface area contributed by atoms with E-state index in [1.165, 1.54) is 12.0 Å². The van der Waals surface area contributed by atoms with Crippen LogP contribution in [0.2, 0.25) is 5.02 Å². The van der Waals surface area contributed by atoms with Crippen molar-refractivity contribution in [1.29, 1.82) is 0 Å². The van der Waals surface area contributed by atoms with Crippen molar-refractivity contribution >= 4 is 46.0 Å². The number of methoxy groups -OCH3 is 1. The van der Waals surface area contributed by atoms with Gasteiger partial charge in [-0.15, -0.1) is 0 Å². The Kier molecular flexibility index (Phi) is 5.34. The Labute approximate surface area is 200 Å². The van der Waals surface area contributed by atoms with Gasteiger partial charge in [0.15, 0.2) is 0 Å². The lowest BCUT2D eigenvalue weighted by Gasteiger charge is -2.23. The molecule has 34 heavy (non-hydrogen) atoms. The molecule has 4 aromatic rings. The van der Waals surface area contributed by atoms with E-state index in [-0.39, 0.29) is 33.6 Å². The molecule has 1 saturated heterocycles. The highest BCUT2D eigenvalue weighted by atomic mass is 35.5. The summed E-state index contributed by atoms with van der Waals surface area (Å²) in [6.07, 6.45) is 0. The van der Waals surface area contributed by atoms with E-state index < -0.39 is 17.7 Å². The third kappa shape index (κ3) is 3.41. The van der Waals surface area contributed by atoms with Crippen LogP contribution in [0.15, 0.2) is 72.3 Å². The fraction of sp³-hybridized carbons (Fsp3) is 0.115. The van der Waals surface area contributed by atoms with Gasteiger partial charge in [0.25, 0.3) is 5.78 Å². The van der Waals surface area contributed by atoms with Crippen LogP contribution in [-0.4, -0.2) is 33.9 Å². The Morgan fingerprint density at radius 1 is 1.09 bits per heavy atom. The fourth-order valence-electron chi connectivity index (χ4n) is 4.31. The van der Waals surface area contributed by atoms with Crippen LogP contribution in [0, 0.1) is 6.92 Å². The van der Waals surface area contributed by atoms with Crippen LogP contribution >= 0.6 is 11.6 Å². The van der Waals surface area contributed by atoms with E-state index in [2.05, 4.69) is 9.97 Å². The standard InChI is InChI=1S/C26H20ClN3O4/c1-14-12-16(24(34-2)17(27)13-14)22(31)20-21(15-8-4-3-5-9-15)30(25(33)23(20)32)26-28-18-10-6-7-11-19(18)29-26/h3-13,21,31H,1-2H3,(H,28,29)/b22-20+. The number of Topliss-reactive ketones (excluding diaryl/α,β-unsaturated/α-hetero) is 1. The lowest BCUT2D eigenvalue weighted by molar-refractivity contribution is -0.132. The van der Waals surface area contributed by atoms with Crippen molar-refractivity contribution in [1.82, 2.24) is 9.97 Å². The van der Waals surface area contributed by atoms with Crippen molar-refractivity contribution < 1.29 is 19.4 Å². The first-order valence-electron chi connectivity index (χ1n) is 10.6. The summed E-state index contributed by atoms with van der Waals surface area (Å²) in [6.45, 7) is 1.81. The Morgan fingerprint density at radius 3 is 2.50 bits per heavy atom. The molecule has 1 aromatic heterocycles.